The maximum atomic E-state index is 14.3. The van der Waals surface area contributed by atoms with Crippen LogP contribution in [0.2, 0.25) is 5.02 Å². The van der Waals surface area contributed by atoms with Gasteiger partial charge in [-0.25, -0.2) is 4.39 Å². The van der Waals surface area contributed by atoms with Gasteiger partial charge in [-0.05, 0) is 93.2 Å². The average molecular weight is 631 g/mol. The van der Waals surface area contributed by atoms with Gasteiger partial charge in [0.25, 0.3) is 5.91 Å². The van der Waals surface area contributed by atoms with Crippen molar-refractivity contribution < 1.29 is 28.9 Å². The van der Waals surface area contributed by atoms with Crippen LogP contribution in [0.1, 0.15) is 72.6 Å². The summed E-state index contributed by atoms with van der Waals surface area (Å²) in [6.07, 6.45) is 1.42. The molecule has 2 N–H and O–H groups in total. The Morgan fingerprint density at radius 1 is 1.15 bits per heavy atom. The van der Waals surface area contributed by atoms with Crippen LogP contribution in [0.4, 0.5) is 10.1 Å². The van der Waals surface area contributed by atoms with Crippen molar-refractivity contribution in [1.82, 2.24) is 0 Å². The number of ether oxygens (including phenoxy) is 1. The second-order valence-corrected chi connectivity index (χ2v) is 12.7. The zero-order valence-electron chi connectivity index (χ0n) is 22.3. The number of hydrogen-bond donors (Lipinski definition) is 2. The number of anilines is 1. The number of benzene rings is 3. The average Bonchev–Trinajstić information content (AvgIpc) is 3.72. The van der Waals surface area contributed by atoms with Gasteiger partial charge in [0.15, 0.2) is 0 Å². The van der Waals surface area contributed by atoms with E-state index in [1.807, 2.05) is 26.8 Å². The molecular weight excluding hydrogens is 601 g/mol. The van der Waals surface area contributed by atoms with Crippen LogP contribution in [0.3, 0.4) is 0 Å². The molecule has 210 valence electrons. The summed E-state index contributed by atoms with van der Waals surface area (Å²) in [5.74, 6) is -2.75. The van der Waals surface area contributed by atoms with Crippen molar-refractivity contribution in [2.75, 3.05) is 11.5 Å². The molecule has 1 saturated carbocycles. The van der Waals surface area contributed by atoms with E-state index in [1.54, 1.807) is 30.3 Å². The lowest BCUT2D eigenvalue weighted by atomic mass is 9.79. The Kier molecular flexibility index (Phi) is 7.72. The number of aliphatic hydroxyl groups excluding tert-OH is 1. The number of nitrogens with zero attached hydrogens (tertiary/aromatic N) is 1. The van der Waals surface area contributed by atoms with E-state index in [2.05, 4.69) is 15.9 Å². The second-order valence-electron chi connectivity index (χ2n) is 11.5. The van der Waals surface area contributed by atoms with Crippen LogP contribution in [0, 0.1) is 11.7 Å². The monoisotopic (exact) mass is 629 g/mol. The molecule has 1 aliphatic heterocycles. The molecule has 9 heteroatoms. The summed E-state index contributed by atoms with van der Waals surface area (Å²) in [5.41, 5.74) is 1.78. The van der Waals surface area contributed by atoms with Crippen LogP contribution >= 0.6 is 27.5 Å². The van der Waals surface area contributed by atoms with E-state index < -0.39 is 35.8 Å². The van der Waals surface area contributed by atoms with Crippen molar-refractivity contribution in [1.29, 1.82) is 0 Å². The van der Waals surface area contributed by atoms with Crippen LogP contribution in [-0.4, -0.2) is 34.8 Å². The number of aliphatic carboxylic acids is 1. The third-order valence-corrected chi connectivity index (χ3v) is 8.50. The van der Waals surface area contributed by atoms with Crippen LogP contribution < -0.4 is 9.64 Å². The Labute approximate surface area is 245 Å². The number of halogens is 3. The summed E-state index contributed by atoms with van der Waals surface area (Å²) in [5, 5.41) is 21.1. The first-order chi connectivity index (χ1) is 18.9. The highest BCUT2D eigenvalue weighted by atomic mass is 79.9. The number of carboxylic acids is 1. The fourth-order valence-corrected chi connectivity index (χ4v) is 6.29. The van der Waals surface area contributed by atoms with E-state index in [0.717, 1.165) is 24.5 Å². The predicted octanol–water partition coefficient (Wildman–Crippen LogP) is 7.26. The maximum absolute atomic E-state index is 14.3. The van der Waals surface area contributed by atoms with Crippen molar-refractivity contribution in [3.05, 3.63) is 92.2 Å². The summed E-state index contributed by atoms with van der Waals surface area (Å²) in [6.45, 7) is 6.21. The number of carbonyl (C=O) groups excluding carboxylic acids is 1. The predicted molar refractivity (Wildman–Crippen MR) is 155 cm³/mol. The Morgan fingerprint density at radius 2 is 1.88 bits per heavy atom. The number of hydrogen-bond acceptors (Lipinski definition) is 4. The zero-order valence-corrected chi connectivity index (χ0v) is 24.7. The van der Waals surface area contributed by atoms with Gasteiger partial charge < -0.3 is 14.9 Å². The van der Waals surface area contributed by atoms with Gasteiger partial charge in [0.05, 0.1) is 16.6 Å². The number of fused-ring (bicyclic) bond motifs is 1. The van der Waals surface area contributed by atoms with Crippen molar-refractivity contribution in [3.8, 4) is 5.75 Å². The number of rotatable bonds is 7. The van der Waals surface area contributed by atoms with Gasteiger partial charge in [-0.1, -0.05) is 50.6 Å². The van der Waals surface area contributed by atoms with Gasteiger partial charge in [-0.2, -0.15) is 0 Å². The fraction of sp³-hybridized carbons (Fsp3) is 0.355. The molecule has 1 amide bonds. The number of carboxylic acid groups (broad SMARTS) is 1. The number of aliphatic hydroxyl groups is 1. The van der Waals surface area contributed by atoms with Gasteiger partial charge in [-0.3, -0.25) is 14.5 Å². The lowest BCUT2D eigenvalue weighted by molar-refractivity contribution is -0.139. The van der Waals surface area contributed by atoms with E-state index in [9.17, 15) is 24.2 Å². The molecule has 0 spiro atoms. The van der Waals surface area contributed by atoms with Crippen molar-refractivity contribution in [2.45, 2.75) is 57.1 Å². The van der Waals surface area contributed by atoms with Gasteiger partial charge in [-0.15, -0.1) is 0 Å². The summed E-state index contributed by atoms with van der Waals surface area (Å²) in [6, 6.07) is 13.0. The minimum Gasteiger partial charge on any atom is -0.490 e. The van der Waals surface area contributed by atoms with Crippen LogP contribution in [-0.2, 0) is 10.2 Å². The third kappa shape index (κ3) is 5.49. The molecule has 2 aliphatic rings. The quantitative estimate of drug-likeness (QED) is 0.287. The molecule has 3 aromatic rings. The van der Waals surface area contributed by atoms with Crippen molar-refractivity contribution in [3.63, 3.8) is 0 Å². The third-order valence-electron chi connectivity index (χ3n) is 7.57. The first-order valence-electron chi connectivity index (χ1n) is 13.1. The largest absolute Gasteiger partial charge is 0.490 e. The second kappa shape index (κ2) is 10.8. The van der Waals surface area contributed by atoms with Crippen molar-refractivity contribution >= 4 is 45.1 Å². The van der Waals surface area contributed by atoms with Gasteiger partial charge in [0.1, 0.15) is 24.1 Å². The molecule has 6 nitrogen and oxygen atoms in total. The lowest BCUT2D eigenvalue weighted by Gasteiger charge is -2.41. The molecule has 0 radical (unpaired) electrons. The number of carbonyl (C=O) groups is 2. The molecule has 1 aliphatic carbocycles. The van der Waals surface area contributed by atoms with Crippen LogP contribution in [0.5, 0.6) is 5.75 Å². The molecule has 5 rings (SSSR count). The molecule has 3 unspecified atom stereocenters. The van der Waals surface area contributed by atoms with E-state index in [1.165, 1.54) is 17.0 Å². The molecule has 0 saturated heterocycles. The van der Waals surface area contributed by atoms with Crippen molar-refractivity contribution in [2.24, 2.45) is 5.92 Å². The first kappa shape index (κ1) is 28.6. The minimum atomic E-state index is -1.19. The molecule has 0 aromatic heterocycles. The summed E-state index contributed by atoms with van der Waals surface area (Å²) in [7, 11) is 0. The summed E-state index contributed by atoms with van der Waals surface area (Å²) >= 11 is 10.2. The topological polar surface area (TPSA) is 87.1 Å². The van der Waals surface area contributed by atoms with Gasteiger partial charge in [0, 0.05) is 16.3 Å². The Bertz CT molecular complexity index is 1490. The van der Waals surface area contributed by atoms with Gasteiger partial charge >= 0.3 is 5.97 Å². The molecule has 1 fully saturated rings. The highest BCUT2D eigenvalue weighted by molar-refractivity contribution is 9.10. The Morgan fingerprint density at radius 3 is 2.48 bits per heavy atom. The van der Waals surface area contributed by atoms with E-state index in [4.69, 9.17) is 16.3 Å². The fourth-order valence-electron chi connectivity index (χ4n) is 5.32. The number of amides is 1. The van der Waals surface area contributed by atoms with Crippen LogP contribution in [0.15, 0.2) is 59.1 Å². The molecule has 3 atom stereocenters. The van der Waals surface area contributed by atoms with E-state index in [-0.39, 0.29) is 29.1 Å². The Hall–Kier alpha value is -2.94. The Balaban J connectivity index is 1.62. The normalized spacial score (nSPS) is 19.8. The molecule has 40 heavy (non-hydrogen) atoms. The molecule has 1 heterocycles. The highest BCUT2D eigenvalue weighted by Crippen LogP contribution is 2.47. The molecule has 0 bridgehead atoms. The van der Waals surface area contributed by atoms with Gasteiger partial charge in [0.2, 0.25) is 0 Å². The highest BCUT2D eigenvalue weighted by Gasteiger charge is 2.45. The van der Waals surface area contributed by atoms with E-state index in [0.29, 0.717) is 26.5 Å². The van der Waals surface area contributed by atoms with E-state index >= 15 is 0 Å². The SMILES string of the molecule is CC(C)(C)c1ccc(N2C(=O)c3cc(F)ccc3C(C(=O)O)C2c2ccc(OCC(O)C3CC3)c(Br)c2)cc1Cl. The standard InChI is InChI=1S/C31H30BrClFNO5/c1-31(2,3)22-10-8-19(14-24(22)33)35-28(27(30(38)39)20-9-7-18(34)13-21(20)29(35)37)17-6-11-26(23(32)12-17)40-15-25(36)16-4-5-16/h6-14,16,25,27-28,36H,4-5,15H2,1-3H3,(H,38,39). The minimum absolute atomic E-state index is 0.00671. The smallest absolute Gasteiger partial charge is 0.313 e. The lowest BCUT2D eigenvalue weighted by Crippen LogP contribution is -2.45. The summed E-state index contributed by atoms with van der Waals surface area (Å²) < 4.78 is 20.7. The maximum Gasteiger partial charge on any atom is 0.313 e. The van der Waals surface area contributed by atoms with Crippen LogP contribution in [0.25, 0.3) is 0 Å². The molecular formula is C31H30BrClFNO5. The first-order valence-corrected chi connectivity index (χ1v) is 14.3. The summed E-state index contributed by atoms with van der Waals surface area (Å²) in [4.78, 5) is 28.2. The zero-order chi connectivity index (χ0) is 28.9. The molecule has 3 aromatic carbocycles.